The topological polar surface area (TPSA) is 69.2 Å². The Kier molecular flexibility index (Phi) is 6.64. The van der Waals surface area contributed by atoms with Crippen LogP contribution >= 0.6 is 0 Å². The number of para-hydroxylation sites is 3. The lowest BCUT2D eigenvalue weighted by molar-refractivity contribution is -0.123. The smallest absolute Gasteiger partial charge is 0.277 e. The SMILES string of the molecule is CCOc1ccccc1OCC(=O)N/N=C\c1ccccc1OC. The number of carbonyl (C=O) groups excluding carboxylic acids is 1. The first kappa shape index (κ1) is 17.3. The molecule has 0 atom stereocenters. The van der Waals surface area contributed by atoms with Gasteiger partial charge in [-0.05, 0) is 31.2 Å². The van der Waals surface area contributed by atoms with E-state index in [1.165, 1.54) is 6.21 Å². The molecule has 0 aromatic heterocycles. The summed E-state index contributed by atoms with van der Waals surface area (Å²) in [7, 11) is 1.58. The summed E-state index contributed by atoms with van der Waals surface area (Å²) in [5.41, 5.74) is 3.18. The summed E-state index contributed by atoms with van der Waals surface area (Å²) in [6.45, 7) is 2.25. The minimum absolute atomic E-state index is 0.159. The van der Waals surface area contributed by atoms with Gasteiger partial charge in [0.25, 0.3) is 5.91 Å². The molecule has 126 valence electrons. The van der Waals surface area contributed by atoms with Crippen molar-refractivity contribution in [2.75, 3.05) is 20.3 Å². The van der Waals surface area contributed by atoms with Crippen LogP contribution in [0.1, 0.15) is 12.5 Å². The molecule has 0 radical (unpaired) electrons. The molecule has 0 fully saturated rings. The van der Waals surface area contributed by atoms with Crippen molar-refractivity contribution in [1.82, 2.24) is 5.43 Å². The Morgan fingerprint density at radius 1 is 1.04 bits per heavy atom. The lowest BCUT2D eigenvalue weighted by Crippen LogP contribution is -2.24. The normalized spacial score (nSPS) is 10.4. The minimum Gasteiger partial charge on any atom is -0.496 e. The lowest BCUT2D eigenvalue weighted by atomic mass is 10.2. The van der Waals surface area contributed by atoms with Crippen LogP contribution in [-0.2, 0) is 4.79 Å². The van der Waals surface area contributed by atoms with Crippen LogP contribution in [0.15, 0.2) is 53.6 Å². The summed E-state index contributed by atoms with van der Waals surface area (Å²) >= 11 is 0. The Labute approximate surface area is 141 Å². The predicted octanol–water partition coefficient (Wildman–Crippen LogP) is 2.62. The molecule has 0 bridgehead atoms. The van der Waals surface area contributed by atoms with Gasteiger partial charge >= 0.3 is 0 Å². The molecule has 0 saturated carbocycles. The van der Waals surface area contributed by atoms with Crippen LogP contribution in [-0.4, -0.2) is 32.4 Å². The highest BCUT2D eigenvalue weighted by Crippen LogP contribution is 2.26. The first-order chi connectivity index (χ1) is 11.7. The van der Waals surface area contributed by atoms with Crippen molar-refractivity contribution in [2.24, 2.45) is 5.10 Å². The summed E-state index contributed by atoms with van der Waals surface area (Å²) in [4.78, 5) is 11.8. The Morgan fingerprint density at radius 3 is 2.33 bits per heavy atom. The Morgan fingerprint density at radius 2 is 1.67 bits per heavy atom. The van der Waals surface area contributed by atoms with E-state index in [1.54, 1.807) is 19.2 Å². The number of nitrogens with zero attached hydrogens (tertiary/aromatic N) is 1. The van der Waals surface area contributed by atoms with E-state index in [4.69, 9.17) is 14.2 Å². The number of hydrazone groups is 1. The van der Waals surface area contributed by atoms with Crippen molar-refractivity contribution in [3.8, 4) is 17.2 Å². The second-order valence-corrected chi connectivity index (χ2v) is 4.70. The van der Waals surface area contributed by atoms with Crippen molar-refractivity contribution in [3.63, 3.8) is 0 Å². The van der Waals surface area contributed by atoms with Crippen LogP contribution in [0.4, 0.5) is 0 Å². The van der Waals surface area contributed by atoms with Crippen LogP contribution in [0.2, 0.25) is 0 Å². The van der Waals surface area contributed by atoms with Gasteiger partial charge in [0.1, 0.15) is 5.75 Å². The largest absolute Gasteiger partial charge is 0.496 e. The highest BCUT2D eigenvalue weighted by Gasteiger charge is 2.06. The molecule has 0 heterocycles. The zero-order valence-corrected chi connectivity index (χ0v) is 13.7. The van der Waals surface area contributed by atoms with Gasteiger partial charge in [-0.3, -0.25) is 4.79 Å². The maximum absolute atomic E-state index is 11.8. The second-order valence-electron chi connectivity index (χ2n) is 4.70. The standard InChI is InChI=1S/C18H20N2O4/c1-3-23-16-10-6-7-11-17(16)24-13-18(21)20-19-12-14-8-4-5-9-15(14)22-2/h4-12H,3,13H2,1-2H3,(H,20,21)/b19-12-. The molecule has 2 aromatic rings. The fourth-order valence-corrected chi connectivity index (χ4v) is 1.97. The third-order valence-corrected chi connectivity index (χ3v) is 3.04. The number of methoxy groups -OCH3 is 1. The van der Waals surface area contributed by atoms with Gasteiger partial charge in [-0.15, -0.1) is 0 Å². The monoisotopic (exact) mass is 328 g/mol. The van der Waals surface area contributed by atoms with E-state index in [1.807, 2.05) is 43.3 Å². The molecule has 6 heteroatoms. The molecular weight excluding hydrogens is 308 g/mol. The van der Waals surface area contributed by atoms with Crippen molar-refractivity contribution >= 4 is 12.1 Å². The number of ether oxygens (including phenoxy) is 3. The molecule has 6 nitrogen and oxygen atoms in total. The zero-order chi connectivity index (χ0) is 17.2. The maximum atomic E-state index is 11.8. The van der Waals surface area contributed by atoms with Crippen LogP contribution in [0.5, 0.6) is 17.2 Å². The van der Waals surface area contributed by atoms with E-state index in [2.05, 4.69) is 10.5 Å². The van der Waals surface area contributed by atoms with Gasteiger partial charge in [0.15, 0.2) is 18.1 Å². The Hall–Kier alpha value is -3.02. The molecule has 2 rings (SSSR count). The number of carbonyl (C=O) groups is 1. The fourth-order valence-electron chi connectivity index (χ4n) is 1.97. The maximum Gasteiger partial charge on any atom is 0.277 e. The van der Waals surface area contributed by atoms with Gasteiger partial charge in [0.05, 0.1) is 19.9 Å². The molecule has 1 amide bonds. The molecule has 2 aromatic carbocycles. The van der Waals surface area contributed by atoms with Crippen molar-refractivity contribution < 1.29 is 19.0 Å². The van der Waals surface area contributed by atoms with Gasteiger partial charge in [-0.2, -0.15) is 5.10 Å². The van der Waals surface area contributed by atoms with E-state index >= 15 is 0 Å². The minimum atomic E-state index is -0.368. The Balaban J connectivity index is 1.87. The van der Waals surface area contributed by atoms with Crippen LogP contribution in [0.25, 0.3) is 0 Å². The van der Waals surface area contributed by atoms with Gasteiger partial charge < -0.3 is 14.2 Å². The highest BCUT2D eigenvalue weighted by atomic mass is 16.5. The van der Waals surface area contributed by atoms with Crippen LogP contribution in [0, 0.1) is 0 Å². The van der Waals surface area contributed by atoms with Crippen LogP contribution in [0.3, 0.4) is 0 Å². The molecular formula is C18H20N2O4. The summed E-state index contributed by atoms with van der Waals surface area (Å²) in [5.74, 6) is 1.43. The predicted molar refractivity (Wildman–Crippen MR) is 91.8 cm³/mol. The van der Waals surface area contributed by atoms with E-state index in [-0.39, 0.29) is 12.5 Å². The summed E-state index contributed by atoms with van der Waals surface area (Å²) in [6.07, 6.45) is 1.52. The molecule has 0 spiro atoms. The second kappa shape index (κ2) is 9.19. The number of amides is 1. The summed E-state index contributed by atoms with van der Waals surface area (Å²) in [5, 5.41) is 3.91. The first-order valence-corrected chi connectivity index (χ1v) is 7.54. The third kappa shape index (κ3) is 5.01. The highest BCUT2D eigenvalue weighted by molar-refractivity contribution is 5.85. The van der Waals surface area contributed by atoms with Gasteiger partial charge in [-0.25, -0.2) is 5.43 Å². The Bertz CT molecular complexity index is 701. The number of rotatable bonds is 8. The van der Waals surface area contributed by atoms with Crippen molar-refractivity contribution in [2.45, 2.75) is 6.92 Å². The molecule has 0 aliphatic rings. The zero-order valence-electron chi connectivity index (χ0n) is 13.7. The molecule has 24 heavy (non-hydrogen) atoms. The first-order valence-electron chi connectivity index (χ1n) is 7.54. The van der Waals surface area contributed by atoms with E-state index < -0.39 is 0 Å². The number of benzene rings is 2. The van der Waals surface area contributed by atoms with E-state index in [9.17, 15) is 4.79 Å². The van der Waals surface area contributed by atoms with E-state index in [0.717, 1.165) is 5.56 Å². The number of hydrogen-bond acceptors (Lipinski definition) is 5. The molecule has 0 saturated heterocycles. The summed E-state index contributed by atoms with van der Waals surface area (Å²) < 4.78 is 16.1. The fraction of sp³-hybridized carbons (Fsp3) is 0.222. The molecule has 0 unspecified atom stereocenters. The van der Waals surface area contributed by atoms with E-state index in [0.29, 0.717) is 23.9 Å². The lowest BCUT2D eigenvalue weighted by Gasteiger charge is -2.10. The summed E-state index contributed by atoms with van der Waals surface area (Å²) in [6, 6.07) is 14.6. The average molecular weight is 328 g/mol. The van der Waals surface area contributed by atoms with Crippen molar-refractivity contribution in [1.29, 1.82) is 0 Å². The molecule has 1 N–H and O–H groups in total. The van der Waals surface area contributed by atoms with Crippen LogP contribution < -0.4 is 19.6 Å². The number of hydrogen-bond donors (Lipinski definition) is 1. The molecule has 0 aliphatic carbocycles. The average Bonchev–Trinajstić information content (AvgIpc) is 2.61. The van der Waals surface area contributed by atoms with Gasteiger partial charge in [-0.1, -0.05) is 24.3 Å². The van der Waals surface area contributed by atoms with Crippen molar-refractivity contribution in [3.05, 3.63) is 54.1 Å². The number of nitrogens with one attached hydrogen (secondary N) is 1. The molecule has 0 aliphatic heterocycles. The van der Waals surface area contributed by atoms with Gasteiger partial charge in [0.2, 0.25) is 0 Å². The van der Waals surface area contributed by atoms with Gasteiger partial charge in [0, 0.05) is 5.56 Å². The third-order valence-electron chi connectivity index (χ3n) is 3.04. The quantitative estimate of drug-likeness (QED) is 0.597.